The number of nitrogens with zero attached hydrogens (tertiary/aromatic N) is 2. The van der Waals surface area contributed by atoms with Crippen LogP contribution in [-0.2, 0) is 6.54 Å². The van der Waals surface area contributed by atoms with E-state index in [0.29, 0.717) is 27.1 Å². The number of hydrogen-bond donors (Lipinski definition) is 1. The van der Waals surface area contributed by atoms with Crippen molar-refractivity contribution in [2.24, 2.45) is 0 Å². The van der Waals surface area contributed by atoms with E-state index in [1.807, 2.05) is 22.8 Å². The highest BCUT2D eigenvalue weighted by Crippen LogP contribution is 2.28. The molecule has 0 amide bonds. The van der Waals surface area contributed by atoms with Crippen LogP contribution in [0, 0.1) is 4.77 Å². The molecule has 108 valence electrons. The number of hydrogen-bond acceptors (Lipinski definition) is 3. The first-order valence-corrected chi connectivity index (χ1v) is 7.32. The van der Waals surface area contributed by atoms with Crippen LogP contribution in [0.2, 0.25) is 10.0 Å². The van der Waals surface area contributed by atoms with E-state index in [0.717, 1.165) is 16.7 Å². The molecule has 7 heteroatoms. The molecule has 3 rings (SSSR count). The van der Waals surface area contributed by atoms with Gasteiger partial charge >= 0.3 is 0 Å². The average molecular weight is 340 g/mol. The average Bonchev–Trinajstić information content (AvgIpc) is 2.76. The minimum atomic E-state index is 0.469. The van der Waals surface area contributed by atoms with E-state index in [1.54, 1.807) is 19.4 Å². The van der Waals surface area contributed by atoms with Crippen LogP contribution in [0.4, 0.5) is 0 Å². The summed E-state index contributed by atoms with van der Waals surface area (Å²) in [4.78, 5) is 7.42. The molecule has 0 spiro atoms. The van der Waals surface area contributed by atoms with Crippen LogP contribution in [0.15, 0.2) is 30.5 Å². The predicted octanol–water partition coefficient (Wildman–Crippen LogP) is 4.46. The zero-order valence-corrected chi connectivity index (χ0v) is 13.4. The van der Waals surface area contributed by atoms with Crippen molar-refractivity contribution in [2.45, 2.75) is 6.54 Å². The third-order valence-corrected chi connectivity index (χ3v) is 4.07. The molecule has 0 aliphatic rings. The molecule has 1 N–H and O–H groups in total. The van der Waals surface area contributed by atoms with Crippen LogP contribution in [-0.4, -0.2) is 21.6 Å². The van der Waals surface area contributed by atoms with Gasteiger partial charge in [0.05, 0.1) is 24.2 Å². The first-order valence-electron chi connectivity index (χ1n) is 6.15. The summed E-state index contributed by atoms with van der Waals surface area (Å²) in [5, 5.41) is 1.18. The van der Waals surface area contributed by atoms with Gasteiger partial charge in [0, 0.05) is 16.8 Å². The van der Waals surface area contributed by atoms with Gasteiger partial charge in [-0.1, -0.05) is 29.3 Å². The number of fused-ring (bicyclic) bond motifs is 1. The molecule has 0 bridgehead atoms. The van der Waals surface area contributed by atoms with Crippen molar-refractivity contribution in [1.29, 1.82) is 0 Å². The van der Waals surface area contributed by atoms with Gasteiger partial charge in [0.25, 0.3) is 0 Å². The zero-order valence-electron chi connectivity index (χ0n) is 11.1. The van der Waals surface area contributed by atoms with Crippen molar-refractivity contribution >= 4 is 46.6 Å². The second-order valence-corrected chi connectivity index (χ2v) is 5.69. The highest BCUT2D eigenvalue weighted by atomic mass is 35.5. The van der Waals surface area contributed by atoms with Gasteiger partial charge in [-0.3, -0.25) is 4.57 Å². The summed E-state index contributed by atoms with van der Waals surface area (Å²) in [6, 6.07) is 7.32. The molecule has 3 aromatic rings. The lowest BCUT2D eigenvalue weighted by Crippen LogP contribution is -2.03. The van der Waals surface area contributed by atoms with Gasteiger partial charge in [-0.05, 0) is 30.4 Å². The summed E-state index contributed by atoms with van der Waals surface area (Å²) in [5.41, 5.74) is 2.38. The van der Waals surface area contributed by atoms with Crippen LogP contribution in [0.1, 0.15) is 5.56 Å². The Kier molecular flexibility index (Phi) is 3.89. The Morgan fingerprint density at radius 2 is 2.19 bits per heavy atom. The number of aromatic amines is 1. The maximum Gasteiger partial charge on any atom is 0.179 e. The molecule has 0 atom stereocenters. The third kappa shape index (κ3) is 2.64. The molecule has 2 heterocycles. The summed E-state index contributed by atoms with van der Waals surface area (Å²) < 4.78 is 7.79. The Hall–Kier alpha value is -1.56. The number of halogens is 2. The van der Waals surface area contributed by atoms with Crippen molar-refractivity contribution in [3.8, 4) is 5.75 Å². The monoisotopic (exact) mass is 339 g/mol. The number of benzene rings is 1. The van der Waals surface area contributed by atoms with E-state index in [-0.39, 0.29) is 0 Å². The normalized spacial score (nSPS) is 11.0. The van der Waals surface area contributed by atoms with Gasteiger partial charge in [-0.2, -0.15) is 0 Å². The maximum absolute atomic E-state index is 6.27. The third-order valence-electron chi connectivity index (χ3n) is 3.19. The number of imidazole rings is 1. The molecule has 1 aromatic carbocycles. The molecular weight excluding hydrogens is 329 g/mol. The van der Waals surface area contributed by atoms with E-state index in [1.165, 1.54) is 0 Å². The fourth-order valence-corrected chi connectivity index (χ4v) is 2.85. The Morgan fingerprint density at radius 1 is 1.38 bits per heavy atom. The number of aromatic nitrogens is 3. The van der Waals surface area contributed by atoms with Crippen molar-refractivity contribution in [2.75, 3.05) is 7.11 Å². The highest BCUT2D eigenvalue weighted by Gasteiger charge is 2.12. The SMILES string of the molecule is COc1cccc(Cl)c1Cn1c(=S)[nH]c2cc(Cl)cnc21. The number of ether oxygens (including phenoxy) is 1. The number of rotatable bonds is 3. The van der Waals surface area contributed by atoms with Crippen molar-refractivity contribution in [3.63, 3.8) is 0 Å². The second-order valence-electron chi connectivity index (χ2n) is 4.46. The molecule has 4 nitrogen and oxygen atoms in total. The molecule has 21 heavy (non-hydrogen) atoms. The lowest BCUT2D eigenvalue weighted by atomic mass is 10.2. The van der Waals surface area contributed by atoms with Gasteiger partial charge in [-0.15, -0.1) is 0 Å². The predicted molar refractivity (Wildman–Crippen MR) is 87.0 cm³/mol. The van der Waals surface area contributed by atoms with Gasteiger partial charge in [0.15, 0.2) is 10.4 Å². The number of nitrogens with one attached hydrogen (secondary N) is 1. The van der Waals surface area contributed by atoms with Crippen molar-refractivity contribution in [1.82, 2.24) is 14.5 Å². The summed E-state index contributed by atoms with van der Waals surface area (Å²) in [6.07, 6.45) is 1.59. The molecule has 0 aliphatic carbocycles. The quantitative estimate of drug-likeness (QED) is 0.716. The van der Waals surface area contributed by atoms with Gasteiger partial charge in [-0.25, -0.2) is 4.98 Å². The number of methoxy groups -OCH3 is 1. The van der Waals surface area contributed by atoms with Crippen LogP contribution >= 0.6 is 35.4 Å². The molecule has 0 radical (unpaired) electrons. The molecular formula is C14H11Cl2N3OS. The minimum absolute atomic E-state index is 0.469. The molecule has 0 saturated carbocycles. The highest BCUT2D eigenvalue weighted by molar-refractivity contribution is 7.71. The fourth-order valence-electron chi connectivity index (χ4n) is 2.21. The smallest absolute Gasteiger partial charge is 0.179 e. The topological polar surface area (TPSA) is 42.8 Å². The van der Waals surface area contributed by atoms with Crippen LogP contribution in [0.25, 0.3) is 11.2 Å². The standard InChI is InChI=1S/C14H11Cl2N3OS/c1-20-12-4-2-3-10(16)9(12)7-19-13-11(18-14(19)21)5-8(15)6-17-13/h2-6H,7H2,1H3,(H,18,21). The molecule has 0 aliphatic heterocycles. The summed E-state index contributed by atoms with van der Waals surface area (Å²) in [7, 11) is 1.61. The minimum Gasteiger partial charge on any atom is -0.496 e. The van der Waals surface area contributed by atoms with Gasteiger partial charge in [0.2, 0.25) is 0 Å². The largest absolute Gasteiger partial charge is 0.496 e. The Morgan fingerprint density at radius 3 is 2.95 bits per heavy atom. The van der Waals surface area contributed by atoms with E-state index >= 15 is 0 Å². The molecule has 0 fully saturated rings. The first-order chi connectivity index (χ1) is 10.1. The molecule has 0 unspecified atom stereocenters. The van der Waals surface area contributed by atoms with E-state index in [4.69, 9.17) is 40.2 Å². The lowest BCUT2D eigenvalue weighted by Gasteiger charge is -2.11. The Bertz CT molecular complexity index is 872. The van der Waals surface area contributed by atoms with Crippen LogP contribution in [0.5, 0.6) is 5.75 Å². The summed E-state index contributed by atoms with van der Waals surface area (Å²) in [5.74, 6) is 0.715. The lowest BCUT2D eigenvalue weighted by molar-refractivity contribution is 0.408. The zero-order chi connectivity index (χ0) is 15.0. The number of pyridine rings is 1. The van der Waals surface area contributed by atoms with Crippen molar-refractivity contribution < 1.29 is 4.74 Å². The first kappa shape index (κ1) is 14.4. The van der Waals surface area contributed by atoms with Gasteiger partial charge < -0.3 is 9.72 Å². The van der Waals surface area contributed by atoms with Gasteiger partial charge in [0.1, 0.15) is 5.75 Å². The van der Waals surface area contributed by atoms with E-state index < -0.39 is 0 Å². The van der Waals surface area contributed by atoms with E-state index in [9.17, 15) is 0 Å². The Balaban J connectivity index is 2.15. The summed E-state index contributed by atoms with van der Waals surface area (Å²) >= 11 is 17.6. The molecule has 0 saturated heterocycles. The summed E-state index contributed by atoms with van der Waals surface area (Å²) in [6.45, 7) is 0.469. The van der Waals surface area contributed by atoms with Crippen molar-refractivity contribution in [3.05, 3.63) is 50.8 Å². The molecule has 2 aromatic heterocycles. The van der Waals surface area contributed by atoms with Crippen LogP contribution < -0.4 is 4.74 Å². The fraction of sp³-hybridized carbons (Fsp3) is 0.143. The Labute approximate surface area is 136 Å². The second kappa shape index (κ2) is 5.67. The maximum atomic E-state index is 6.27. The van der Waals surface area contributed by atoms with E-state index in [2.05, 4.69) is 9.97 Å². The van der Waals surface area contributed by atoms with Crippen LogP contribution in [0.3, 0.4) is 0 Å². The number of H-pyrrole nitrogens is 1.